The summed E-state index contributed by atoms with van der Waals surface area (Å²) < 4.78 is 5.69. The fourth-order valence-electron chi connectivity index (χ4n) is 2.38. The van der Waals surface area contributed by atoms with E-state index < -0.39 is 0 Å². The molecule has 0 spiro atoms. The second-order valence-electron chi connectivity index (χ2n) is 4.41. The molecule has 0 unspecified atom stereocenters. The first-order chi connectivity index (χ1) is 7.66. The molecule has 0 atom stereocenters. The van der Waals surface area contributed by atoms with E-state index in [1.54, 1.807) is 13.2 Å². The van der Waals surface area contributed by atoms with Gasteiger partial charge in [-0.15, -0.1) is 0 Å². The second kappa shape index (κ2) is 4.68. The van der Waals surface area contributed by atoms with Gasteiger partial charge in [0.25, 0.3) is 0 Å². The number of nitrogens with zero attached hydrogens (tertiary/aromatic N) is 2. The van der Waals surface area contributed by atoms with E-state index in [4.69, 9.17) is 16.3 Å². The van der Waals surface area contributed by atoms with E-state index in [9.17, 15) is 0 Å². The Bertz CT molecular complexity index is 355. The van der Waals surface area contributed by atoms with E-state index in [2.05, 4.69) is 9.97 Å². The van der Waals surface area contributed by atoms with Crippen molar-refractivity contribution in [1.82, 2.24) is 9.97 Å². The summed E-state index contributed by atoms with van der Waals surface area (Å²) in [5, 5.41) is 0.504. The van der Waals surface area contributed by atoms with Gasteiger partial charge in [0.05, 0.1) is 0 Å². The minimum Gasteiger partial charge on any atom is -0.370 e. The average molecular weight is 241 g/mol. The first kappa shape index (κ1) is 11.8. The molecule has 0 aliphatic heterocycles. The van der Waals surface area contributed by atoms with E-state index in [0.29, 0.717) is 5.15 Å². The molecule has 0 radical (unpaired) electrons. The first-order valence-corrected chi connectivity index (χ1v) is 6.11. The molecule has 0 saturated heterocycles. The first-order valence-electron chi connectivity index (χ1n) is 5.73. The van der Waals surface area contributed by atoms with Crippen LogP contribution in [0.2, 0.25) is 5.15 Å². The topological polar surface area (TPSA) is 35.0 Å². The lowest BCUT2D eigenvalue weighted by Crippen LogP contribution is -2.33. The Morgan fingerprint density at radius 2 is 1.94 bits per heavy atom. The highest BCUT2D eigenvalue weighted by molar-refractivity contribution is 6.29. The number of ether oxygens (including phenoxy) is 1. The van der Waals surface area contributed by atoms with E-state index in [1.165, 1.54) is 19.3 Å². The Morgan fingerprint density at radius 3 is 2.50 bits per heavy atom. The molecule has 3 nitrogen and oxygen atoms in total. The van der Waals surface area contributed by atoms with Gasteiger partial charge in [-0.1, -0.05) is 30.9 Å². The predicted molar refractivity (Wildman–Crippen MR) is 63.6 cm³/mol. The molecule has 0 bridgehead atoms. The van der Waals surface area contributed by atoms with Crippen molar-refractivity contribution in [2.24, 2.45) is 0 Å². The number of hydrogen-bond donors (Lipinski definition) is 0. The molecule has 1 aliphatic rings. The monoisotopic (exact) mass is 240 g/mol. The highest BCUT2D eigenvalue weighted by Gasteiger charge is 2.36. The maximum atomic E-state index is 5.98. The summed E-state index contributed by atoms with van der Waals surface area (Å²) in [6.07, 6.45) is 5.59. The van der Waals surface area contributed by atoms with Crippen LogP contribution in [0.3, 0.4) is 0 Å². The molecule has 1 aliphatic carbocycles. The van der Waals surface area contributed by atoms with E-state index in [1.807, 2.05) is 6.92 Å². The lowest BCUT2D eigenvalue weighted by molar-refractivity contribution is -0.0516. The molecule has 1 aromatic heterocycles. The zero-order valence-corrected chi connectivity index (χ0v) is 10.5. The van der Waals surface area contributed by atoms with Gasteiger partial charge in [0.2, 0.25) is 0 Å². The molecule has 0 aromatic carbocycles. The van der Waals surface area contributed by atoms with Crippen LogP contribution in [0.5, 0.6) is 0 Å². The summed E-state index contributed by atoms with van der Waals surface area (Å²) in [4.78, 5) is 8.81. The fraction of sp³-hybridized carbons (Fsp3) is 0.667. The maximum Gasteiger partial charge on any atom is 0.162 e. The van der Waals surface area contributed by atoms with Crippen LogP contribution in [-0.4, -0.2) is 17.1 Å². The Kier molecular flexibility index (Phi) is 3.45. The molecule has 16 heavy (non-hydrogen) atoms. The van der Waals surface area contributed by atoms with Crippen LogP contribution in [0, 0.1) is 6.92 Å². The van der Waals surface area contributed by atoms with Crippen LogP contribution in [0.1, 0.15) is 43.6 Å². The van der Waals surface area contributed by atoms with Gasteiger partial charge in [0.1, 0.15) is 10.8 Å². The van der Waals surface area contributed by atoms with Crippen LogP contribution in [-0.2, 0) is 10.3 Å². The third kappa shape index (κ3) is 2.20. The van der Waals surface area contributed by atoms with Gasteiger partial charge in [-0.2, -0.15) is 0 Å². The normalized spacial score (nSPS) is 19.7. The summed E-state index contributed by atoms with van der Waals surface area (Å²) in [6.45, 7) is 1.93. The number of aryl methyl sites for hydroxylation is 1. The van der Waals surface area contributed by atoms with Gasteiger partial charge in [-0.05, 0) is 25.8 Å². The summed E-state index contributed by atoms with van der Waals surface area (Å²) >= 11 is 5.98. The Labute approximate surface area is 101 Å². The molecule has 0 N–H and O–H groups in total. The van der Waals surface area contributed by atoms with Crippen molar-refractivity contribution in [2.75, 3.05) is 7.11 Å². The van der Waals surface area contributed by atoms with Gasteiger partial charge in [0.15, 0.2) is 5.82 Å². The molecule has 1 aromatic rings. The zero-order valence-electron chi connectivity index (χ0n) is 9.79. The van der Waals surface area contributed by atoms with Crippen molar-refractivity contribution in [3.8, 4) is 0 Å². The van der Waals surface area contributed by atoms with Crippen molar-refractivity contribution in [3.63, 3.8) is 0 Å². The summed E-state index contributed by atoms with van der Waals surface area (Å²) in [5.74, 6) is 0.750. The summed E-state index contributed by atoms with van der Waals surface area (Å²) in [5.41, 5.74) is 0.588. The third-order valence-electron chi connectivity index (χ3n) is 3.28. The average Bonchev–Trinajstić information content (AvgIpc) is 2.28. The van der Waals surface area contributed by atoms with Gasteiger partial charge < -0.3 is 4.74 Å². The van der Waals surface area contributed by atoms with Crippen molar-refractivity contribution >= 4 is 11.6 Å². The summed E-state index contributed by atoms with van der Waals surface area (Å²) in [7, 11) is 1.74. The molecule has 4 heteroatoms. The van der Waals surface area contributed by atoms with Gasteiger partial charge in [0, 0.05) is 12.8 Å². The number of hydrogen-bond acceptors (Lipinski definition) is 3. The number of halogens is 1. The van der Waals surface area contributed by atoms with Crippen LogP contribution >= 0.6 is 11.6 Å². The summed E-state index contributed by atoms with van der Waals surface area (Å²) in [6, 6.07) is 1.78. The molecular weight excluding hydrogens is 224 g/mol. The number of rotatable bonds is 2. The standard InChI is InChI=1S/C12H17ClN2O/c1-9-8-10(13)15-11(14-9)12(16-2)6-4-3-5-7-12/h8H,3-7H2,1-2H3. The highest BCUT2D eigenvalue weighted by Crippen LogP contribution is 2.38. The Morgan fingerprint density at radius 1 is 1.25 bits per heavy atom. The van der Waals surface area contributed by atoms with E-state index in [-0.39, 0.29) is 5.60 Å². The largest absolute Gasteiger partial charge is 0.370 e. The lowest BCUT2D eigenvalue weighted by atomic mass is 9.84. The second-order valence-corrected chi connectivity index (χ2v) is 4.80. The van der Waals surface area contributed by atoms with E-state index in [0.717, 1.165) is 24.4 Å². The van der Waals surface area contributed by atoms with Crippen molar-refractivity contribution in [1.29, 1.82) is 0 Å². The lowest BCUT2D eigenvalue weighted by Gasteiger charge is -2.34. The molecule has 1 fully saturated rings. The van der Waals surface area contributed by atoms with Crippen LogP contribution < -0.4 is 0 Å². The molecule has 88 valence electrons. The molecule has 2 rings (SSSR count). The van der Waals surface area contributed by atoms with Gasteiger partial charge in [-0.25, -0.2) is 9.97 Å². The number of methoxy groups -OCH3 is 1. The highest BCUT2D eigenvalue weighted by atomic mass is 35.5. The Hall–Kier alpha value is -0.670. The van der Waals surface area contributed by atoms with Gasteiger partial charge in [-0.3, -0.25) is 0 Å². The van der Waals surface area contributed by atoms with Crippen molar-refractivity contribution in [3.05, 3.63) is 22.7 Å². The molecule has 1 heterocycles. The fourth-order valence-corrected chi connectivity index (χ4v) is 2.61. The van der Waals surface area contributed by atoms with Crippen LogP contribution in [0.25, 0.3) is 0 Å². The molecule has 1 saturated carbocycles. The van der Waals surface area contributed by atoms with Crippen molar-refractivity contribution < 1.29 is 4.74 Å². The SMILES string of the molecule is COC1(c2nc(C)cc(Cl)n2)CCCCC1. The molecule has 0 amide bonds. The molecular formula is C12H17ClN2O. The predicted octanol–water partition coefficient (Wildman–Crippen LogP) is 3.24. The minimum absolute atomic E-state index is 0.312. The minimum atomic E-state index is -0.312. The van der Waals surface area contributed by atoms with Crippen LogP contribution in [0.15, 0.2) is 6.07 Å². The van der Waals surface area contributed by atoms with E-state index >= 15 is 0 Å². The van der Waals surface area contributed by atoms with Crippen molar-refractivity contribution in [2.45, 2.75) is 44.6 Å². The Balaban J connectivity index is 2.38. The maximum absolute atomic E-state index is 5.98. The smallest absolute Gasteiger partial charge is 0.162 e. The van der Waals surface area contributed by atoms with Gasteiger partial charge >= 0.3 is 0 Å². The zero-order chi connectivity index (χ0) is 11.6. The quantitative estimate of drug-likeness (QED) is 0.745. The van der Waals surface area contributed by atoms with Crippen LogP contribution in [0.4, 0.5) is 0 Å². The number of aromatic nitrogens is 2. The third-order valence-corrected chi connectivity index (χ3v) is 3.48.